The van der Waals surface area contributed by atoms with Gasteiger partial charge in [0.05, 0.1) is 0 Å². The number of carbonyl (C=O) groups excluding carboxylic acids is 1. The lowest BCUT2D eigenvalue weighted by atomic mass is 10.0. The summed E-state index contributed by atoms with van der Waals surface area (Å²) in [6.45, 7) is 3.53. The largest absolute Gasteiger partial charge is 0.454 e. The summed E-state index contributed by atoms with van der Waals surface area (Å²) in [6, 6.07) is 19.7. The summed E-state index contributed by atoms with van der Waals surface area (Å²) in [5, 5.41) is 19.3. The van der Waals surface area contributed by atoms with E-state index in [0.717, 1.165) is 17.1 Å². The van der Waals surface area contributed by atoms with Gasteiger partial charge in [0.2, 0.25) is 12.7 Å². The normalized spacial score (nSPS) is 13.1. The van der Waals surface area contributed by atoms with Crippen LogP contribution >= 0.6 is 0 Å². The molecule has 0 unspecified atom stereocenters. The molecule has 2 N–H and O–H groups in total. The van der Waals surface area contributed by atoms with Crippen LogP contribution in [0.2, 0.25) is 0 Å². The summed E-state index contributed by atoms with van der Waals surface area (Å²) in [6.07, 6.45) is 0.768. The van der Waals surface area contributed by atoms with Crippen molar-refractivity contribution in [3.8, 4) is 11.5 Å². The smallest absolute Gasteiger partial charge is 0.231 e. The van der Waals surface area contributed by atoms with E-state index in [1.165, 1.54) is 5.56 Å². The molecule has 2 aromatic heterocycles. The fourth-order valence-electron chi connectivity index (χ4n) is 3.81. The molecule has 2 aromatic carbocycles. The molecule has 9 heteroatoms. The van der Waals surface area contributed by atoms with Gasteiger partial charge >= 0.3 is 0 Å². The van der Waals surface area contributed by atoms with Gasteiger partial charge in [0, 0.05) is 25.9 Å². The van der Waals surface area contributed by atoms with Gasteiger partial charge in [0.15, 0.2) is 23.0 Å². The Bertz CT molecular complexity index is 1290. The maximum Gasteiger partial charge on any atom is 0.231 e. The molecule has 0 radical (unpaired) electrons. The monoisotopic (exact) mass is 458 g/mol. The van der Waals surface area contributed by atoms with Crippen LogP contribution < -0.4 is 20.1 Å². The van der Waals surface area contributed by atoms with Gasteiger partial charge in [-0.05, 0) is 41.3 Å². The van der Waals surface area contributed by atoms with Crippen LogP contribution in [-0.2, 0) is 17.8 Å². The molecular weight excluding hydrogens is 432 g/mol. The topological polar surface area (TPSA) is 103 Å². The third-order valence-electron chi connectivity index (χ3n) is 5.79. The van der Waals surface area contributed by atoms with Gasteiger partial charge < -0.3 is 20.1 Å². The van der Waals surface area contributed by atoms with E-state index in [4.69, 9.17) is 9.47 Å². The highest BCUT2D eigenvalue weighted by molar-refractivity contribution is 5.76. The molecule has 9 nitrogen and oxygen atoms in total. The minimum absolute atomic E-state index is 0.0170. The Morgan fingerprint density at radius 2 is 1.91 bits per heavy atom. The van der Waals surface area contributed by atoms with Crippen molar-refractivity contribution in [2.24, 2.45) is 0 Å². The first-order valence-corrected chi connectivity index (χ1v) is 11.3. The predicted octanol–water partition coefficient (Wildman–Crippen LogP) is 3.32. The lowest BCUT2D eigenvalue weighted by molar-refractivity contribution is -0.121. The maximum atomic E-state index is 12.4. The Kier molecular flexibility index (Phi) is 6.24. The number of anilines is 1. The second kappa shape index (κ2) is 9.78. The van der Waals surface area contributed by atoms with Crippen LogP contribution in [0.3, 0.4) is 0 Å². The van der Waals surface area contributed by atoms with Crippen molar-refractivity contribution in [2.75, 3.05) is 18.7 Å². The Balaban J connectivity index is 1.16. The van der Waals surface area contributed by atoms with Crippen molar-refractivity contribution in [3.63, 3.8) is 0 Å². The lowest BCUT2D eigenvalue weighted by Crippen LogP contribution is -2.27. The SMILES string of the molecule is C[C@H](CNC(=O)CCc1nnc2ccc(NCc3ccc4c(c3)OCO4)nn12)c1ccccc1. The Morgan fingerprint density at radius 1 is 1.06 bits per heavy atom. The summed E-state index contributed by atoms with van der Waals surface area (Å²) in [5.74, 6) is 3.08. The Hall–Kier alpha value is -4.14. The highest BCUT2D eigenvalue weighted by Gasteiger charge is 2.14. The third-order valence-corrected chi connectivity index (χ3v) is 5.79. The number of nitrogens with zero attached hydrogens (tertiary/aromatic N) is 4. The second-order valence-corrected chi connectivity index (χ2v) is 8.26. The first-order valence-electron chi connectivity index (χ1n) is 11.3. The van der Waals surface area contributed by atoms with E-state index < -0.39 is 0 Å². The molecule has 1 amide bonds. The molecule has 1 aliphatic heterocycles. The van der Waals surface area contributed by atoms with E-state index in [9.17, 15) is 4.79 Å². The molecule has 174 valence electrons. The molecule has 3 heterocycles. The van der Waals surface area contributed by atoms with Crippen LogP contribution in [0.5, 0.6) is 11.5 Å². The van der Waals surface area contributed by atoms with Crippen LogP contribution in [0.25, 0.3) is 5.65 Å². The average Bonchev–Trinajstić information content (AvgIpc) is 3.51. The summed E-state index contributed by atoms with van der Waals surface area (Å²) in [5.41, 5.74) is 2.90. The first-order chi connectivity index (χ1) is 16.7. The van der Waals surface area contributed by atoms with Crippen LogP contribution in [0, 0.1) is 0 Å². The van der Waals surface area contributed by atoms with E-state index in [1.54, 1.807) is 4.52 Å². The third kappa shape index (κ3) is 4.93. The number of hydrogen-bond acceptors (Lipinski definition) is 7. The summed E-state index contributed by atoms with van der Waals surface area (Å²) < 4.78 is 12.5. The van der Waals surface area contributed by atoms with E-state index >= 15 is 0 Å². The number of carbonyl (C=O) groups is 1. The molecule has 4 aromatic rings. The molecule has 5 rings (SSSR count). The Labute approximate surface area is 197 Å². The van der Waals surface area contributed by atoms with Crippen molar-refractivity contribution in [3.05, 3.63) is 77.6 Å². The van der Waals surface area contributed by atoms with Crippen molar-refractivity contribution in [2.45, 2.75) is 32.2 Å². The zero-order chi connectivity index (χ0) is 23.3. The molecule has 1 atom stereocenters. The molecular formula is C25H26N6O3. The van der Waals surface area contributed by atoms with Crippen molar-refractivity contribution < 1.29 is 14.3 Å². The number of benzene rings is 2. The van der Waals surface area contributed by atoms with Gasteiger partial charge in [-0.1, -0.05) is 43.3 Å². The fraction of sp³-hybridized carbons (Fsp3) is 0.280. The van der Waals surface area contributed by atoms with Crippen LogP contribution in [0.15, 0.2) is 60.7 Å². The van der Waals surface area contributed by atoms with Crippen molar-refractivity contribution >= 4 is 17.4 Å². The van der Waals surface area contributed by atoms with Crippen LogP contribution in [-0.4, -0.2) is 39.1 Å². The van der Waals surface area contributed by atoms with Crippen LogP contribution in [0.4, 0.5) is 5.82 Å². The second-order valence-electron chi connectivity index (χ2n) is 8.26. The zero-order valence-electron chi connectivity index (χ0n) is 18.9. The molecule has 1 aliphatic rings. The standard InChI is InChI=1S/C25H26N6O3/c1-17(19-5-3-2-4-6-19)14-27-25(32)12-11-24-29-28-23-10-9-22(30-31(23)24)26-15-18-7-8-20-21(13-18)34-16-33-20/h2-10,13,17H,11-12,14-16H2,1H3,(H,26,30)(H,27,32)/t17-/m1/s1. The number of hydrogen-bond donors (Lipinski definition) is 2. The number of aryl methyl sites for hydroxylation is 1. The maximum absolute atomic E-state index is 12.4. The van der Waals surface area contributed by atoms with E-state index in [-0.39, 0.29) is 18.6 Å². The molecule has 0 aliphatic carbocycles. The zero-order valence-corrected chi connectivity index (χ0v) is 18.9. The number of amides is 1. The quantitative estimate of drug-likeness (QED) is 0.397. The number of ether oxygens (including phenoxy) is 2. The average molecular weight is 459 g/mol. The molecule has 0 spiro atoms. The number of rotatable bonds is 9. The van der Waals surface area contributed by atoms with E-state index in [0.29, 0.717) is 43.2 Å². The minimum atomic E-state index is -0.0170. The summed E-state index contributed by atoms with van der Waals surface area (Å²) in [4.78, 5) is 12.4. The summed E-state index contributed by atoms with van der Waals surface area (Å²) >= 11 is 0. The van der Waals surface area contributed by atoms with Gasteiger partial charge in [0.1, 0.15) is 5.82 Å². The van der Waals surface area contributed by atoms with Gasteiger partial charge in [0.25, 0.3) is 0 Å². The van der Waals surface area contributed by atoms with E-state index in [1.807, 2.05) is 48.5 Å². The van der Waals surface area contributed by atoms with Gasteiger partial charge in [-0.2, -0.15) is 4.52 Å². The van der Waals surface area contributed by atoms with Crippen molar-refractivity contribution in [1.82, 2.24) is 25.1 Å². The van der Waals surface area contributed by atoms with Crippen LogP contribution in [0.1, 0.15) is 36.2 Å². The Morgan fingerprint density at radius 3 is 2.79 bits per heavy atom. The number of nitrogens with one attached hydrogen (secondary N) is 2. The predicted molar refractivity (Wildman–Crippen MR) is 127 cm³/mol. The molecule has 0 fully saturated rings. The number of fused-ring (bicyclic) bond motifs is 2. The molecule has 34 heavy (non-hydrogen) atoms. The molecule has 0 saturated carbocycles. The highest BCUT2D eigenvalue weighted by Crippen LogP contribution is 2.32. The van der Waals surface area contributed by atoms with Gasteiger partial charge in [-0.3, -0.25) is 4.79 Å². The molecule has 0 saturated heterocycles. The first kappa shape index (κ1) is 21.7. The van der Waals surface area contributed by atoms with E-state index in [2.05, 4.69) is 45.0 Å². The van der Waals surface area contributed by atoms with Crippen molar-refractivity contribution in [1.29, 1.82) is 0 Å². The minimum Gasteiger partial charge on any atom is -0.454 e. The van der Waals surface area contributed by atoms with Gasteiger partial charge in [-0.15, -0.1) is 15.3 Å². The number of aromatic nitrogens is 4. The molecule has 0 bridgehead atoms. The lowest BCUT2D eigenvalue weighted by Gasteiger charge is -2.13. The van der Waals surface area contributed by atoms with Gasteiger partial charge in [-0.25, -0.2) is 0 Å². The highest BCUT2D eigenvalue weighted by atomic mass is 16.7. The fourth-order valence-corrected chi connectivity index (χ4v) is 3.81. The summed E-state index contributed by atoms with van der Waals surface area (Å²) in [7, 11) is 0.